The first-order chi connectivity index (χ1) is 15.1. The summed E-state index contributed by atoms with van der Waals surface area (Å²) in [6.07, 6.45) is 22.9. The van der Waals surface area contributed by atoms with Crippen molar-refractivity contribution in [2.45, 2.75) is 128 Å². The zero-order valence-electron chi connectivity index (χ0n) is 19.8. The second kappa shape index (κ2) is 14.4. The van der Waals surface area contributed by atoms with Crippen molar-refractivity contribution >= 4 is 12.1 Å². The first kappa shape index (κ1) is 25.6. The number of terminal acetylenes is 1. The van der Waals surface area contributed by atoms with Gasteiger partial charge in [-0.15, -0.1) is 6.42 Å². The SMILES string of the molecule is C#CC1C[C@H]2[C@@H](OC(=O)CCCCCCCCCCCCC)CCC[C@H]2N1C(=O)OC. The molecule has 1 saturated heterocycles. The van der Waals surface area contributed by atoms with Gasteiger partial charge in [0.2, 0.25) is 0 Å². The molecule has 4 atom stereocenters. The predicted octanol–water partition coefficient (Wildman–Crippen LogP) is 6.24. The molecule has 0 radical (unpaired) electrons. The Morgan fingerprint density at radius 3 is 2.16 bits per heavy atom. The van der Waals surface area contributed by atoms with Crippen LogP contribution in [0.3, 0.4) is 0 Å². The maximum atomic E-state index is 12.4. The molecule has 2 rings (SSSR count). The van der Waals surface area contributed by atoms with Gasteiger partial charge in [0.25, 0.3) is 0 Å². The number of ether oxygens (including phenoxy) is 2. The first-order valence-corrected chi connectivity index (χ1v) is 12.6. The number of carbonyl (C=O) groups is 2. The lowest BCUT2D eigenvalue weighted by Gasteiger charge is -2.36. The maximum absolute atomic E-state index is 12.4. The number of methoxy groups -OCH3 is 1. The highest BCUT2D eigenvalue weighted by Gasteiger charge is 2.49. The van der Waals surface area contributed by atoms with Gasteiger partial charge in [0, 0.05) is 18.4 Å². The lowest BCUT2D eigenvalue weighted by molar-refractivity contribution is -0.154. The molecule has 0 aromatic carbocycles. The molecule has 1 saturated carbocycles. The van der Waals surface area contributed by atoms with Crippen LogP contribution < -0.4 is 0 Å². The van der Waals surface area contributed by atoms with E-state index in [-0.39, 0.29) is 36.2 Å². The Morgan fingerprint density at radius 1 is 0.968 bits per heavy atom. The molecule has 0 spiro atoms. The van der Waals surface area contributed by atoms with Crippen molar-refractivity contribution in [3.8, 4) is 12.3 Å². The van der Waals surface area contributed by atoms with Crippen molar-refractivity contribution in [1.82, 2.24) is 4.90 Å². The average Bonchev–Trinajstić information content (AvgIpc) is 3.16. The lowest BCUT2D eigenvalue weighted by atomic mass is 9.82. The van der Waals surface area contributed by atoms with Gasteiger partial charge >= 0.3 is 12.1 Å². The van der Waals surface area contributed by atoms with E-state index in [1.165, 1.54) is 64.9 Å². The summed E-state index contributed by atoms with van der Waals surface area (Å²) >= 11 is 0. The predicted molar refractivity (Wildman–Crippen MR) is 124 cm³/mol. The molecule has 5 heteroatoms. The van der Waals surface area contributed by atoms with Crippen molar-refractivity contribution in [2.24, 2.45) is 5.92 Å². The zero-order chi connectivity index (χ0) is 22.5. The molecule has 176 valence electrons. The lowest BCUT2D eigenvalue weighted by Crippen LogP contribution is -2.46. The minimum Gasteiger partial charge on any atom is -0.462 e. The van der Waals surface area contributed by atoms with Crippen LogP contribution in [0, 0.1) is 18.3 Å². The number of rotatable bonds is 13. The van der Waals surface area contributed by atoms with Crippen LogP contribution in [0.15, 0.2) is 0 Å². The minimum atomic E-state index is -0.372. The molecule has 1 amide bonds. The van der Waals surface area contributed by atoms with E-state index in [1.807, 2.05) is 0 Å². The Balaban J connectivity index is 1.62. The van der Waals surface area contributed by atoms with Crippen LogP contribution in [0.4, 0.5) is 4.79 Å². The summed E-state index contributed by atoms with van der Waals surface area (Å²) in [7, 11) is 1.39. The second-order valence-corrected chi connectivity index (χ2v) is 9.27. The van der Waals surface area contributed by atoms with Crippen LogP contribution in [0.5, 0.6) is 0 Å². The van der Waals surface area contributed by atoms with Crippen molar-refractivity contribution in [3.63, 3.8) is 0 Å². The number of carbonyl (C=O) groups excluding carboxylic acids is 2. The smallest absolute Gasteiger partial charge is 0.410 e. The number of hydrogen-bond acceptors (Lipinski definition) is 4. The number of nitrogens with zero attached hydrogens (tertiary/aromatic N) is 1. The van der Waals surface area contributed by atoms with E-state index < -0.39 is 0 Å². The van der Waals surface area contributed by atoms with Crippen LogP contribution in [0.2, 0.25) is 0 Å². The number of hydrogen-bond donors (Lipinski definition) is 0. The molecule has 0 N–H and O–H groups in total. The molecule has 0 bridgehead atoms. The molecule has 2 aliphatic rings. The molecule has 1 unspecified atom stereocenters. The summed E-state index contributed by atoms with van der Waals surface area (Å²) < 4.78 is 10.8. The van der Waals surface area contributed by atoms with E-state index in [9.17, 15) is 9.59 Å². The van der Waals surface area contributed by atoms with Crippen molar-refractivity contribution < 1.29 is 19.1 Å². The third-order valence-corrected chi connectivity index (χ3v) is 6.99. The monoisotopic (exact) mass is 433 g/mol. The molecule has 1 aliphatic carbocycles. The van der Waals surface area contributed by atoms with E-state index in [4.69, 9.17) is 15.9 Å². The normalized spacial score (nSPS) is 25.0. The highest BCUT2D eigenvalue weighted by atomic mass is 16.5. The fraction of sp³-hybridized carbons (Fsp3) is 0.846. The fourth-order valence-electron chi connectivity index (χ4n) is 5.28. The van der Waals surface area contributed by atoms with E-state index in [0.717, 1.165) is 32.1 Å². The Morgan fingerprint density at radius 2 is 1.58 bits per heavy atom. The van der Waals surface area contributed by atoms with Crippen LogP contribution in [0.1, 0.15) is 110 Å². The van der Waals surface area contributed by atoms with Gasteiger partial charge in [0.1, 0.15) is 6.10 Å². The largest absolute Gasteiger partial charge is 0.462 e. The summed E-state index contributed by atoms with van der Waals surface area (Å²) in [5, 5.41) is 0. The summed E-state index contributed by atoms with van der Waals surface area (Å²) in [6, 6.07) is -0.254. The minimum absolute atomic E-state index is 0.0158. The molecule has 0 aromatic heterocycles. The number of unbranched alkanes of at least 4 members (excludes halogenated alkanes) is 10. The van der Waals surface area contributed by atoms with E-state index in [1.54, 1.807) is 4.90 Å². The van der Waals surface area contributed by atoms with Gasteiger partial charge in [-0.25, -0.2) is 4.79 Å². The van der Waals surface area contributed by atoms with Crippen molar-refractivity contribution in [1.29, 1.82) is 0 Å². The average molecular weight is 434 g/mol. The third-order valence-electron chi connectivity index (χ3n) is 6.99. The van der Waals surface area contributed by atoms with E-state index in [0.29, 0.717) is 12.8 Å². The van der Waals surface area contributed by atoms with Crippen LogP contribution >= 0.6 is 0 Å². The fourth-order valence-corrected chi connectivity index (χ4v) is 5.28. The Hall–Kier alpha value is -1.70. The van der Waals surface area contributed by atoms with Gasteiger partial charge in [-0.2, -0.15) is 0 Å². The summed E-state index contributed by atoms with van der Waals surface area (Å²) in [5.74, 6) is 2.74. The zero-order valence-corrected chi connectivity index (χ0v) is 19.8. The molecular weight excluding hydrogens is 390 g/mol. The van der Waals surface area contributed by atoms with Gasteiger partial charge < -0.3 is 9.47 Å². The van der Waals surface area contributed by atoms with Gasteiger partial charge in [-0.1, -0.05) is 77.1 Å². The highest BCUT2D eigenvalue weighted by Crippen LogP contribution is 2.41. The molecule has 31 heavy (non-hydrogen) atoms. The summed E-state index contributed by atoms with van der Waals surface area (Å²) in [4.78, 5) is 26.3. The molecule has 5 nitrogen and oxygen atoms in total. The Bertz CT molecular complexity index is 584. The number of amides is 1. The van der Waals surface area contributed by atoms with Crippen molar-refractivity contribution in [2.75, 3.05) is 7.11 Å². The van der Waals surface area contributed by atoms with Gasteiger partial charge in [-0.3, -0.25) is 9.69 Å². The van der Waals surface area contributed by atoms with Crippen LogP contribution in [-0.2, 0) is 14.3 Å². The summed E-state index contributed by atoms with van der Waals surface area (Å²) in [5.41, 5.74) is 0. The molecule has 1 aliphatic heterocycles. The number of likely N-dealkylation sites (tertiary alicyclic amines) is 1. The first-order valence-electron chi connectivity index (χ1n) is 12.6. The molecular formula is C26H43NO4. The van der Waals surface area contributed by atoms with E-state index >= 15 is 0 Å². The molecule has 0 aromatic rings. The third kappa shape index (κ3) is 8.05. The molecule has 2 fully saturated rings. The van der Waals surface area contributed by atoms with Crippen molar-refractivity contribution in [3.05, 3.63) is 0 Å². The maximum Gasteiger partial charge on any atom is 0.410 e. The van der Waals surface area contributed by atoms with Gasteiger partial charge in [-0.05, 0) is 32.1 Å². The van der Waals surface area contributed by atoms with Crippen LogP contribution in [-0.4, -0.2) is 42.3 Å². The summed E-state index contributed by atoms with van der Waals surface area (Å²) in [6.45, 7) is 2.25. The standard InChI is InChI=1S/C26H43NO4/c1-4-6-7-8-9-10-11-12-13-14-15-19-25(28)31-24-18-16-17-23-22(24)20-21(5-2)27(23)26(29)30-3/h2,21-24H,4,6-20H2,1,3H3/t21?,22-,23-,24+/m1/s1. The van der Waals surface area contributed by atoms with Gasteiger partial charge in [0.05, 0.1) is 13.2 Å². The number of esters is 1. The highest BCUT2D eigenvalue weighted by molar-refractivity contribution is 5.70. The topological polar surface area (TPSA) is 55.8 Å². The Labute approximate surface area is 189 Å². The second-order valence-electron chi connectivity index (χ2n) is 9.27. The van der Waals surface area contributed by atoms with Gasteiger partial charge in [0.15, 0.2) is 0 Å². The quantitative estimate of drug-likeness (QED) is 0.196. The Kier molecular flexibility index (Phi) is 11.9. The number of fused-ring (bicyclic) bond motifs is 1. The molecule has 1 heterocycles. The van der Waals surface area contributed by atoms with Crippen LogP contribution in [0.25, 0.3) is 0 Å². The van der Waals surface area contributed by atoms with E-state index in [2.05, 4.69) is 12.8 Å².